The molecule has 28 heavy (non-hydrogen) atoms. The predicted molar refractivity (Wildman–Crippen MR) is 113 cm³/mol. The highest BCUT2D eigenvalue weighted by Crippen LogP contribution is 2.18. The zero-order valence-electron chi connectivity index (χ0n) is 15.3. The van der Waals surface area contributed by atoms with E-state index in [0.717, 1.165) is 22.4 Å². The lowest BCUT2D eigenvalue weighted by molar-refractivity contribution is 0.847. The van der Waals surface area contributed by atoms with Gasteiger partial charge in [-0.1, -0.05) is 30.3 Å². The molecule has 0 spiro atoms. The first kappa shape index (κ1) is 18.0. The zero-order valence-corrected chi connectivity index (χ0v) is 16.0. The number of imidazole rings is 2. The molecule has 1 N–H and O–H groups in total. The summed E-state index contributed by atoms with van der Waals surface area (Å²) in [6.07, 6.45) is 9.55. The molecule has 4 aromatic rings. The van der Waals surface area contributed by atoms with Gasteiger partial charge in [0.2, 0.25) is 0 Å². The number of H-pyrrole nitrogens is 1. The van der Waals surface area contributed by atoms with Gasteiger partial charge in [0.15, 0.2) is 5.65 Å². The smallest absolute Gasteiger partial charge is 0.334 e. The number of aryl methyl sites for hydroxylation is 1. The monoisotopic (exact) mass is 391 g/mol. The van der Waals surface area contributed by atoms with Crippen molar-refractivity contribution in [2.45, 2.75) is 6.42 Å². The van der Waals surface area contributed by atoms with E-state index in [4.69, 9.17) is 11.6 Å². The van der Waals surface area contributed by atoms with E-state index in [0.29, 0.717) is 22.8 Å². The maximum absolute atomic E-state index is 12.7. The number of halogens is 1. The van der Waals surface area contributed by atoms with Crippen LogP contribution < -0.4 is 5.69 Å². The quantitative estimate of drug-likeness (QED) is 0.521. The number of fused-ring (bicyclic) bond motifs is 2. The predicted octanol–water partition coefficient (Wildman–Crippen LogP) is 4.09. The molecule has 1 aromatic carbocycles. The standard InChI is InChI=1S/C21H18ClN5O/c1-3-6-15(27-18-8-5-12-23-20(18)26(2)21(27)28)7-4-9-19-24-16-11-10-14(22)13-17(16)25-19/h3-8,10-13H,1,9H2,2H3,(H,24,25)/b7-4-,15-6+. The van der Waals surface area contributed by atoms with Gasteiger partial charge in [-0.15, -0.1) is 0 Å². The van der Waals surface area contributed by atoms with Crippen molar-refractivity contribution in [3.05, 3.63) is 88.7 Å². The molecule has 140 valence electrons. The fraction of sp³-hybridized carbons (Fsp3) is 0.0952. The molecule has 0 saturated heterocycles. The van der Waals surface area contributed by atoms with E-state index in [-0.39, 0.29) is 5.69 Å². The molecule has 0 saturated carbocycles. The normalized spacial score (nSPS) is 12.4. The van der Waals surface area contributed by atoms with Gasteiger partial charge in [-0.2, -0.15) is 0 Å². The summed E-state index contributed by atoms with van der Waals surface area (Å²) >= 11 is 6.02. The van der Waals surface area contributed by atoms with Crippen molar-refractivity contribution in [1.29, 1.82) is 0 Å². The van der Waals surface area contributed by atoms with Crippen LogP contribution in [0.1, 0.15) is 5.82 Å². The van der Waals surface area contributed by atoms with E-state index in [1.54, 1.807) is 30.0 Å². The molecule has 3 aromatic heterocycles. The largest absolute Gasteiger partial charge is 0.342 e. The van der Waals surface area contributed by atoms with Crippen LogP contribution in [0.3, 0.4) is 0 Å². The van der Waals surface area contributed by atoms with Crippen molar-refractivity contribution in [3.63, 3.8) is 0 Å². The molecule has 0 aliphatic rings. The van der Waals surface area contributed by atoms with Gasteiger partial charge in [-0.3, -0.25) is 9.13 Å². The van der Waals surface area contributed by atoms with Crippen molar-refractivity contribution in [2.75, 3.05) is 0 Å². The molecule has 0 unspecified atom stereocenters. The summed E-state index contributed by atoms with van der Waals surface area (Å²) in [7, 11) is 1.71. The fourth-order valence-electron chi connectivity index (χ4n) is 3.16. The van der Waals surface area contributed by atoms with Crippen LogP contribution in [0, 0.1) is 0 Å². The fourth-order valence-corrected chi connectivity index (χ4v) is 3.33. The van der Waals surface area contributed by atoms with Crippen LogP contribution in [-0.4, -0.2) is 24.1 Å². The Labute approximate surface area is 166 Å². The van der Waals surface area contributed by atoms with E-state index in [1.807, 2.05) is 42.5 Å². The Morgan fingerprint density at radius 3 is 3.04 bits per heavy atom. The Kier molecular flexibility index (Phi) is 4.71. The van der Waals surface area contributed by atoms with Crippen LogP contribution in [-0.2, 0) is 13.5 Å². The summed E-state index contributed by atoms with van der Waals surface area (Å²) in [5.74, 6) is 0.818. The summed E-state index contributed by atoms with van der Waals surface area (Å²) in [4.78, 5) is 24.8. The minimum absolute atomic E-state index is 0.162. The third-order valence-electron chi connectivity index (χ3n) is 4.44. The average molecular weight is 392 g/mol. The topological polar surface area (TPSA) is 68.5 Å². The lowest BCUT2D eigenvalue weighted by Crippen LogP contribution is -2.21. The number of aromatic nitrogens is 5. The van der Waals surface area contributed by atoms with Crippen LogP contribution >= 0.6 is 11.6 Å². The minimum Gasteiger partial charge on any atom is -0.342 e. The average Bonchev–Trinajstić information content (AvgIpc) is 3.20. The Bertz CT molecular complexity index is 1310. The van der Waals surface area contributed by atoms with Gasteiger partial charge in [0.25, 0.3) is 0 Å². The van der Waals surface area contributed by atoms with E-state index in [9.17, 15) is 4.79 Å². The van der Waals surface area contributed by atoms with E-state index >= 15 is 0 Å². The molecular formula is C21H18ClN5O. The van der Waals surface area contributed by atoms with Crippen molar-refractivity contribution >= 4 is 39.5 Å². The maximum atomic E-state index is 12.7. The molecule has 0 fully saturated rings. The van der Waals surface area contributed by atoms with E-state index in [1.165, 1.54) is 4.57 Å². The highest BCUT2D eigenvalue weighted by atomic mass is 35.5. The first-order valence-electron chi connectivity index (χ1n) is 8.74. The molecular weight excluding hydrogens is 374 g/mol. The third-order valence-corrected chi connectivity index (χ3v) is 4.68. The van der Waals surface area contributed by atoms with Crippen molar-refractivity contribution < 1.29 is 0 Å². The zero-order chi connectivity index (χ0) is 19.7. The second-order valence-electron chi connectivity index (χ2n) is 6.30. The molecule has 0 amide bonds. The van der Waals surface area contributed by atoms with Crippen molar-refractivity contribution in [2.24, 2.45) is 7.05 Å². The van der Waals surface area contributed by atoms with Gasteiger partial charge in [0.1, 0.15) is 5.82 Å². The summed E-state index contributed by atoms with van der Waals surface area (Å²) in [5.41, 5.74) is 3.68. The number of hydrogen-bond donors (Lipinski definition) is 1. The number of pyridine rings is 1. The van der Waals surface area contributed by atoms with Crippen LogP contribution in [0.15, 0.2) is 72.2 Å². The maximum Gasteiger partial charge on any atom is 0.334 e. The van der Waals surface area contributed by atoms with Gasteiger partial charge < -0.3 is 4.98 Å². The van der Waals surface area contributed by atoms with Gasteiger partial charge in [-0.25, -0.2) is 14.8 Å². The Morgan fingerprint density at radius 1 is 1.36 bits per heavy atom. The van der Waals surface area contributed by atoms with E-state index in [2.05, 4.69) is 21.5 Å². The van der Waals surface area contributed by atoms with Crippen LogP contribution in [0.5, 0.6) is 0 Å². The molecule has 0 aliphatic carbocycles. The lowest BCUT2D eigenvalue weighted by Gasteiger charge is -2.03. The van der Waals surface area contributed by atoms with Crippen LogP contribution in [0.25, 0.3) is 27.9 Å². The van der Waals surface area contributed by atoms with E-state index < -0.39 is 0 Å². The minimum atomic E-state index is -0.162. The van der Waals surface area contributed by atoms with Gasteiger partial charge in [-0.05, 0) is 42.5 Å². The Balaban J connectivity index is 1.68. The van der Waals surface area contributed by atoms with Crippen LogP contribution in [0.4, 0.5) is 0 Å². The second-order valence-corrected chi connectivity index (χ2v) is 6.74. The molecule has 0 bridgehead atoms. The number of nitrogens with zero attached hydrogens (tertiary/aromatic N) is 4. The first-order valence-corrected chi connectivity index (χ1v) is 9.12. The Hall–Kier alpha value is -3.38. The summed E-state index contributed by atoms with van der Waals surface area (Å²) in [5, 5.41) is 0.665. The Morgan fingerprint density at radius 2 is 2.21 bits per heavy atom. The highest BCUT2D eigenvalue weighted by molar-refractivity contribution is 6.31. The van der Waals surface area contributed by atoms with Crippen LogP contribution in [0.2, 0.25) is 5.02 Å². The highest BCUT2D eigenvalue weighted by Gasteiger charge is 2.13. The molecule has 3 heterocycles. The molecule has 4 rings (SSSR count). The van der Waals surface area contributed by atoms with Crippen molar-refractivity contribution in [3.8, 4) is 0 Å². The van der Waals surface area contributed by atoms with Crippen molar-refractivity contribution in [1.82, 2.24) is 24.1 Å². The number of hydrogen-bond acceptors (Lipinski definition) is 3. The SMILES string of the molecule is C=C/C=C(\C=C/Cc1nc2ccc(Cl)cc2[nH]1)n1c(=O)n(C)c2ncccc21. The van der Waals surface area contributed by atoms with Gasteiger partial charge in [0.05, 0.1) is 22.2 Å². The number of rotatable bonds is 5. The second kappa shape index (κ2) is 7.32. The number of allylic oxidation sites excluding steroid dienone is 5. The molecule has 6 nitrogen and oxygen atoms in total. The third kappa shape index (κ3) is 3.18. The lowest BCUT2D eigenvalue weighted by atomic mass is 10.3. The summed E-state index contributed by atoms with van der Waals surface area (Å²) in [6, 6.07) is 9.23. The molecule has 0 radical (unpaired) electrons. The number of benzene rings is 1. The number of nitrogens with one attached hydrogen (secondary N) is 1. The molecule has 0 aliphatic heterocycles. The summed E-state index contributed by atoms with van der Waals surface area (Å²) in [6.45, 7) is 3.77. The first-order chi connectivity index (χ1) is 13.6. The number of aromatic amines is 1. The molecule has 0 atom stereocenters. The van der Waals surface area contributed by atoms with Gasteiger partial charge >= 0.3 is 5.69 Å². The summed E-state index contributed by atoms with van der Waals surface area (Å²) < 4.78 is 3.15. The molecule has 7 heteroatoms. The van der Waals surface area contributed by atoms with Gasteiger partial charge in [0, 0.05) is 24.7 Å².